The van der Waals surface area contributed by atoms with Crippen LogP contribution in [-0.4, -0.2) is 32.0 Å². The summed E-state index contributed by atoms with van der Waals surface area (Å²) in [5.41, 5.74) is 1.38. The number of rotatable bonds is 6. The highest BCUT2D eigenvalue weighted by Gasteiger charge is 2.07. The quantitative estimate of drug-likeness (QED) is 0.233. The number of halogens is 4. The van der Waals surface area contributed by atoms with Crippen LogP contribution in [0.4, 0.5) is 4.39 Å². The Kier molecular flexibility index (Phi) is 10.4. The average molecular weight is 525 g/mol. The summed E-state index contributed by atoms with van der Waals surface area (Å²) in [6, 6.07) is 10.9. The maximum atomic E-state index is 12.9. The van der Waals surface area contributed by atoms with Gasteiger partial charge in [0.05, 0.1) is 10.0 Å². The zero-order chi connectivity index (χ0) is 18.9. The van der Waals surface area contributed by atoms with Gasteiger partial charge in [-0.2, -0.15) is 0 Å². The van der Waals surface area contributed by atoms with Gasteiger partial charge in [-0.1, -0.05) is 35.3 Å². The van der Waals surface area contributed by atoms with Gasteiger partial charge in [0.1, 0.15) is 5.82 Å². The van der Waals surface area contributed by atoms with E-state index in [1.807, 2.05) is 0 Å². The molecule has 0 aliphatic heterocycles. The van der Waals surface area contributed by atoms with Gasteiger partial charge in [-0.15, -0.1) is 24.0 Å². The summed E-state index contributed by atoms with van der Waals surface area (Å²) in [6.45, 7) is 1.39. The zero-order valence-electron chi connectivity index (χ0n) is 14.6. The van der Waals surface area contributed by atoms with Crippen molar-refractivity contribution in [3.63, 3.8) is 0 Å². The lowest BCUT2D eigenvalue weighted by Gasteiger charge is -2.12. The number of guanidine groups is 1. The van der Waals surface area contributed by atoms with E-state index in [9.17, 15) is 9.18 Å². The standard InChI is InChI=1S/C18H19Cl2FN4O.HI/c1-22-18(25-11-12-2-5-14(21)6-3-12)24-9-8-23-17(26)13-4-7-15(19)16(20)10-13;/h2-7,10H,8-9,11H2,1H3,(H,23,26)(H2,22,24,25);1H. The van der Waals surface area contributed by atoms with Crippen LogP contribution in [0.1, 0.15) is 15.9 Å². The minimum Gasteiger partial charge on any atom is -0.355 e. The molecule has 1 amide bonds. The molecule has 0 aliphatic rings. The van der Waals surface area contributed by atoms with Gasteiger partial charge in [0.15, 0.2) is 5.96 Å². The number of carbonyl (C=O) groups excluding carboxylic acids is 1. The third kappa shape index (κ3) is 7.90. The fourth-order valence-electron chi connectivity index (χ4n) is 2.11. The molecule has 0 bridgehead atoms. The highest BCUT2D eigenvalue weighted by atomic mass is 127. The summed E-state index contributed by atoms with van der Waals surface area (Å²) in [4.78, 5) is 16.1. The Morgan fingerprint density at radius 2 is 1.67 bits per heavy atom. The SMILES string of the molecule is CN=C(NCCNC(=O)c1ccc(Cl)c(Cl)c1)NCc1ccc(F)cc1.I. The van der Waals surface area contributed by atoms with E-state index in [2.05, 4.69) is 20.9 Å². The molecule has 0 heterocycles. The van der Waals surface area contributed by atoms with Crippen molar-refractivity contribution < 1.29 is 9.18 Å². The summed E-state index contributed by atoms with van der Waals surface area (Å²) in [5.74, 6) is 0.0757. The first-order valence-corrected chi connectivity index (χ1v) is 8.67. The van der Waals surface area contributed by atoms with Crippen molar-refractivity contribution in [2.24, 2.45) is 4.99 Å². The van der Waals surface area contributed by atoms with Gasteiger partial charge in [-0.25, -0.2) is 4.39 Å². The second kappa shape index (κ2) is 12.0. The maximum absolute atomic E-state index is 12.9. The largest absolute Gasteiger partial charge is 0.355 e. The second-order valence-corrected chi connectivity index (χ2v) is 6.18. The minimum atomic E-state index is -0.269. The molecular weight excluding hydrogens is 505 g/mol. The summed E-state index contributed by atoms with van der Waals surface area (Å²) in [6.07, 6.45) is 0. The first kappa shape index (κ1) is 23.5. The van der Waals surface area contributed by atoms with E-state index in [4.69, 9.17) is 23.2 Å². The number of carbonyl (C=O) groups is 1. The number of hydrogen-bond acceptors (Lipinski definition) is 2. The minimum absolute atomic E-state index is 0. The van der Waals surface area contributed by atoms with Gasteiger partial charge in [0, 0.05) is 32.2 Å². The van der Waals surface area contributed by atoms with Crippen LogP contribution in [0.15, 0.2) is 47.5 Å². The molecule has 0 unspecified atom stereocenters. The lowest BCUT2D eigenvalue weighted by molar-refractivity contribution is 0.0954. The Morgan fingerprint density at radius 1 is 1.00 bits per heavy atom. The predicted molar refractivity (Wildman–Crippen MR) is 119 cm³/mol. The van der Waals surface area contributed by atoms with E-state index < -0.39 is 0 Å². The van der Waals surface area contributed by atoms with Gasteiger partial charge in [-0.3, -0.25) is 9.79 Å². The van der Waals surface area contributed by atoms with E-state index in [-0.39, 0.29) is 35.7 Å². The second-order valence-electron chi connectivity index (χ2n) is 5.36. The monoisotopic (exact) mass is 524 g/mol. The Morgan fingerprint density at radius 3 is 2.30 bits per heavy atom. The summed E-state index contributed by atoms with van der Waals surface area (Å²) < 4.78 is 12.9. The van der Waals surface area contributed by atoms with Crippen LogP contribution in [0.2, 0.25) is 10.0 Å². The lowest BCUT2D eigenvalue weighted by Crippen LogP contribution is -2.41. The van der Waals surface area contributed by atoms with Gasteiger partial charge < -0.3 is 16.0 Å². The molecular formula is C18H20Cl2FIN4O. The Balaban J connectivity index is 0.00000364. The van der Waals surface area contributed by atoms with Crippen molar-refractivity contribution in [1.29, 1.82) is 0 Å². The molecule has 27 heavy (non-hydrogen) atoms. The Bertz CT molecular complexity index is 787. The van der Waals surface area contributed by atoms with Crippen LogP contribution in [-0.2, 0) is 6.54 Å². The van der Waals surface area contributed by atoms with Crippen LogP contribution in [0.3, 0.4) is 0 Å². The molecule has 0 radical (unpaired) electrons. The van der Waals surface area contributed by atoms with E-state index in [1.54, 1.807) is 31.3 Å². The highest BCUT2D eigenvalue weighted by Crippen LogP contribution is 2.22. The highest BCUT2D eigenvalue weighted by molar-refractivity contribution is 14.0. The number of nitrogens with zero attached hydrogens (tertiary/aromatic N) is 1. The van der Waals surface area contributed by atoms with Crippen LogP contribution in [0, 0.1) is 5.82 Å². The van der Waals surface area contributed by atoms with Crippen molar-refractivity contribution in [1.82, 2.24) is 16.0 Å². The van der Waals surface area contributed by atoms with Gasteiger partial charge in [-0.05, 0) is 35.9 Å². The van der Waals surface area contributed by atoms with Crippen LogP contribution >= 0.6 is 47.2 Å². The molecule has 0 fully saturated rings. The molecule has 0 saturated heterocycles. The van der Waals surface area contributed by atoms with Gasteiger partial charge in [0.2, 0.25) is 0 Å². The first-order chi connectivity index (χ1) is 12.5. The van der Waals surface area contributed by atoms with Crippen molar-refractivity contribution in [2.45, 2.75) is 6.54 Å². The number of amides is 1. The summed E-state index contributed by atoms with van der Waals surface area (Å²) in [5, 5.41) is 9.71. The van der Waals surface area contributed by atoms with Crippen molar-refractivity contribution >= 4 is 59.0 Å². The smallest absolute Gasteiger partial charge is 0.251 e. The summed E-state index contributed by atoms with van der Waals surface area (Å²) in [7, 11) is 1.65. The van der Waals surface area contributed by atoms with Crippen molar-refractivity contribution in [2.75, 3.05) is 20.1 Å². The Hall–Kier alpha value is -1.58. The molecule has 9 heteroatoms. The average Bonchev–Trinajstić information content (AvgIpc) is 2.64. The molecule has 5 nitrogen and oxygen atoms in total. The van der Waals surface area contributed by atoms with E-state index in [1.165, 1.54) is 18.2 Å². The topological polar surface area (TPSA) is 65.5 Å². The van der Waals surface area contributed by atoms with Gasteiger partial charge in [0.25, 0.3) is 5.91 Å². The molecule has 3 N–H and O–H groups in total. The third-order valence-corrected chi connectivity index (χ3v) is 4.22. The Labute approximate surface area is 184 Å². The van der Waals surface area contributed by atoms with Crippen molar-refractivity contribution in [3.05, 3.63) is 69.5 Å². The molecule has 2 rings (SSSR count). The predicted octanol–water partition coefficient (Wildman–Crippen LogP) is 3.85. The molecule has 0 saturated carbocycles. The molecule has 2 aromatic carbocycles. The third-order valence-electron chi connectivity index (χ3n) is 3.48. The van der Waals surface area contributed by atoms with Crippen molar-refractivity contribution in [3.8, 4) is 0 Å². The number of nitrogens with one attached hydrogen (secondary N) is 3. The number of aliphatic imine (C=N–C) groups is 1. The van der Waals surface area contributed by atoms with E-state index in [0.29, 0.717) is 41.2 Å². The zero-order valence-corrected chi connectivity index (χ0v) is 18.4. The summed E-state index contributed by atoms with van der Waals surface area (Å²) >= 11 is 11.7. The van der Waals surface area contributed by atoms with Crippen LogP contribution in [0.5, 0.6) is 0 Å². The molecule has 0 aromatic heterocycles. The van der Waals surface area contributed by atoms with Crippen LogP contribution in [0.25, 0.3) is 0 Å². The lowest BCUT2D eigenvalue weighted by atomic mass is 10.2. The molecule has 0 aliphatic carbocycles. The van der Waals surface area contributed by atoms with E-state index >= 15 is 0 Å². The number of hydrogen-bond donors (Lipinski definition) is 3. The van der Waals surface area contributed by atoms with E-state index in [0.717, 1.165) is 5.56 Å². The number of benzene rings is 2. The first-order valence-electron chi connectivity index (χ1n) is 7.92. The maximum Gasteiger partial charge on any atom is 0.251 e. The van der Waals surface area contributed by atoms with Gasteiger partial charge >= 0.3 is 0 Å². The molecule has 2 aromatic rings. The molecule has 146 valence electrons. The molecule has 0 spiro atoms. The molecule has 0 atom stereocenters. The normalized spacial score (nSPS) is 10.7. The fourth-order valence-corrected chi connectivity index (χ4v) is 2.40. The fraction of sp³-hybridized carbons (Fsp3) is 0.222. The van der Waals surface area contributed by atoms with Crippen LogP contribution < -0.4 is 16.0 Å².